The summed E-state index contributed by atoms with van der Waals surface area (Å²) in [7, 11) is 0. The number of hydrogen-bond acceptors (Lipinski definition) is 4. The molecule has 0 bridgehead atoms. The number of benzene rings is 2. The van der Waals surface area contributed by atoms with Gasteiger partial charge < -0.3 is 9.84 Å². The highest BCUT2D eigenvalue weighted by Crippen LogP contribution is 2.23. The van der Waals surface area contributed by atoms with Crippen LogP contribution in [0, 0.1) is 0 Å². The zero-order valence-electron chi connectivity index (χ0n) is 14.3. The lowest BCUT2D eigenvalue weighted by Crippen LogP contribution is -2.42. The van der Waals surface area contributed by atoms with Crippen LogP contribution in [-0.2, 0) is 4.74 Å². The lowest BCUT2D eigenvalue weighted by Gasteiger charge is -2.28. The summed E-state index contributed by atoms with van der Waals surface area (Å²) in [4.78, 5) is 13.0. The lowest BCUT2D eigenvalue weighted by atomic mass is 9.97. The summed E-state index contributed by atoms with van der Waals surface area (Å²) in [6.45, 7) is 5.44. The molecule has 0 spiro atoms. The molecular weight excluding hydrogens is 361 g/mol. The highest BCUT2D eigenvalue weighted by Gasteiger charge is 2.26. The van der Waals surface area contributed by atoms with Crippen LogP contribution in [0.2, 0.25) is 10.0 Å². The van der Waals surface area contributed by atoms with Gasteiger partial charge in [0.05, 0.1) is 5.60 Å². The van der Waals surface area contributed by atoms with E-state index in [-0.39, 0.29) is 5.78 Å². The van der Waals surface area contributed by atoms with Crippen LogP contribution in [0.4, 0.5) is 0 Å². The second kappa shape index (κ2) is 8.30. The highest BCUT2D eigenvalue weighted by molar-refractivity contribution is 6.31. The van der Waals surface area contributed by atoms with E-state index in [0.717, 1.165) is 0 Å². The number of aliphatic hydroxyl groups is 1. The number of aliphatic hydroxyl groups excluding tert-OH is 1. The molecule has 134 valence electrons. The Labute approximate surface area is 157 Å². The number of halogens is 2. The minimum atomic E-state index is -1.32. The topological polar surface area (TPSA) is 58.6 Å². The fraction of sp³-hybridized carbons (Fsp3) is 0.316. The van der Waals surface area contributed by atoms with Gasteiger partial charge in [0.15, 0.2) is 5.78 Å². The average Bonchev–Trinajstić information content (AvgIpc) is 2.51. The molecule has 0 aliphatic carbocycles. The van der Waals surface area contributed by atoms with Crippen molar-refractivity contribution in [3.8, 4) is 0 Å². The molecule has 0 aliphatic heterocycles. The van der Waals surface area contributed by atoms with Gasteiger partial charge in [0.2, 0.25) is 6.41 Å². The van der Waals surface area contributed by atoms with Gasteiger partial charge in [-0.3, -0.25) is 10.1 Å². The SMILES string of the molecule is CC(C)(C)OC(O)N[C@@H](C(=O)c1cccc(Cl)c1)c1ccc(Cl)cc1. The molecular formula is C19H21Cl2NO3. The van der Waals surface area contributed by atoms with Crippen molar-refractivity contribution in [2.75, 3.05) is 0 Å². The highest BCUT2D eigenvalue weighted by atomic mass is 35.5. The van der Waals surface area contributed by atoms with Gasteiger partial charge in [0.25, 0.3) is 0 Å². The van der Waals surface area contributed by atoms with Crippen molar-refractivity contribution in [3.63, 3.8) is 0 Å². The quantitative estimate of drug-likeness (QED) is 0.566. The minimum Gasteiger partial charge on any atom is -0.356 e. The summed E-state index contributed by atoms with van der Waals surface area (Å²) in [6.07, 6.45) is -1.32. The van der Waals surface area contributed by atoms with Crippen molar-refractivity contribution < 1.29 is 14.6 Å². The molecule has 25 heavy (non-hydrogen) atoms. The molecule has 2 atom stereocenters. The lowest BCUT2D eigenvalue weighted by molar-refractivity contribution is -0.184. The number of ketones is 1. The maximum Gasteiger partial charge on any atom is 0.214 e. The number of carbonyl (C=O) groups excluding carboxylic acids is 1. The summed E-state index contributed by atoms with van der Waals surface area (Å²) in [6, 6.07) is 12.7. The van der Waals surface area contributed by atoms with Gasteiger partial charge in [-0.05, 0) is 50.6 Å². The zero-order valence-corrected chi connectivity index (χ0v) is 15.8. The summed E-state index contributed by atoms with van der Waals surface area (Å²) in [5.74, 6) is -0.235. The molecule has 2 N–H and O–H groups in total. The molecule has 0 fully saturated rings. The molecule has 0 aromatic heterocycles. The van der Waals surface area contributed by atoms with E-state index in [0.29, 0.717) is 21.2 Å². The third kappa shape index (κ3) is 6.10. The molecule has 6 heteroatoms. The second-order valence-corrected chi connectivity index (χ2v) is 7.48. The van der Waals surface area contributed by atoms with Crippen molar-refractivity contribution >= 4 is 29.0 Å². The molecule has 0 saturated heterocycles. The fourth-order valence-electron chi connectivity index (χ4n) is 2.30. The van der Waals surface area contributed by atoms with Crippen LogP contribution >= 0.6 is 23.2 Å². The molecule has 2 aromatic carbocycles. The normalized spacial score (nSPS) is 14.2. The molecule has 0 heterocycles. The summed E-state index contributed by atoms with van der Waals surface area (Å²) < 4.78 is 5.46. The summed E-state index contributed by atoms with van der Waals surface area (Å²) in [5, 5.41) is 14.0. The third-order valence-electron chi connectivity index (χ3n) is 3.35. The summed E-state index contributed by atoms with van der Waals surface area (Å²) >= 11 is 11.9. The van der Waals surface area contributed by atoms with Crippen molar-refractivity contribution in [2.45, 2.75) is 38.8 Å². The zero-order chi connectivity index (χ0) is 18.6. The largest absolute Gasteiger partial charge is 0.356 e. The second-order valence-electron chi connectivity index (χ2n) is 6.61. The van der Waals surface area contributed by atoms with Crippen LogP contribution in [0.15, 0.2) is 48.5 Å². The van der Waals surface area contributed by atoms with E-state index in [2.05, 4.69) is 5.32 Å². The number of ether oxygens (including phenoxy) is 1. The Morgan fingerprint density at radius 2 is 1.72 bits per heavy atom. The third-order valence-corrected chi connectivity index (χ3v) is 3.84. The Morgan fingerprint density at radius 1 is 1.08 bits per heavy atom. The van der Waals surface area contributed by atoms with Crippen LogP contribution < -0.4 is 5.32 Å². The molecule has 2 rings (SSSR count). The van der Waals surface area contributed by atoms with E-state index >= 15 is 0 Å². The van der Waals surface area contributed by atoms with Crippen LogP contribution in [-0.4, -0.2) is 22.9 Å². The first-order chi connectivity index (χ1) is 11.7. The molecule has 0 saturated carbocycles. The minimum absolute atomic E-state index is 0.235. The van der Waals surface area contributed by atoms with Crippen LogP contribution in [0.3, 0.4) is 0 Å². The maximum atomic E-state index is 13.0. The van der Waals surface area contributed by atoms with Crippen molar-refractivity contribution in [1.29, 1.82) is 0 Å². The molecule has 2 aromatic rings. The van der Waals surface area contributed by atoms with Gasteiger partial charge in [0.1, 0.15) is 6.04 Å². The molecule has 4 nitrogen and oxygen atoms in total. The van der Waals surface area contributed by atoms with Gasteiger partial charge in [-0.15, -0.1) is 0 Å². The van der Waals surface area contributed by atoms with Gasteiger partial charge in [-0.25, -0.2) is 0 Å². The van der Waals surface area contributed by atoms with Gasteiger partial charge in [-0.1, -0.05) is 47.5 Å². The first kappa shape index (κ1) is 19.9. The smallest absolute Gasteiger partial charge is 0.214 e. The number of Topliss-reactive ketones (excluding diaryl/α,β-unsaturated/α-hetero) is 1. The number of hydrogen-bond donors (Lipinski definition) is 2. The first-order valence-electron chi connectivity index (χ1n) is 7.83. The predicted molar refractivity (Wildman–Crippen MR) is 100.0 cm³/mol. The standard InChI is InChI=1S/C19H21Cl2NO3/c1-19(2,3)25-18(24)22-16(12-7-9-14(20)10-8-12)17(23)13-5-4-6-15(21)11-13/h4-11,16,18,22,24H,1-3H3/t16-,18?/m1/s1. The molecule has 0 amide bonds. The van der Waals surface area contributed by atoms with E-state index in [4.69, 9.17) is 27.9 Å². The van der Waals surface area contributed by atoms with E-state index in [1.165, 1.54) is 0 Å². The van der Waals surface area contributed by atoms with E-state index in [1.54, 1.807) is 48.5 Å². The van der Waals surface area contributed by atoms with Gasteiger partial charge in [-0.2, -0.15) is 0 Å². The molecule has 0 aliphatic rings. The molecule has 0 radical (unpaired) electrons. The monoisotopic (exact) mass is 381 g/mol. The van der Waals surface area contributed by atoms with Crippen LogP contribution in [0.1, 0.15) is 42.7 Å². The van der Waals surface area contributed by atoms with Crippen molar-refractivity contribution in [1.82, 2.24) is 5.32 Å². The average molecular weight is 382 g/mol. The van der Waals surface area contributed by atoms with Gasteiger partial charge in [0, 0.05) is 15.6 Å². The first-order valence-corrected chi connectivity index (χ1v) is 8.58. The Kier molecular flexibility index (Phi) is 6.60. The predicted octanol–water partition coefficient (Wildman–Crippen LogP) is 4.60. The van der Waals surface area contributed by atoms with E-state index in [1.807, 2.05) is 20.8 Å². The Balaban J connectivity index is 2.31. The van der Waals surface area contributed by atoms with Crippen molar-refractivity contribution in [3.05, 3.63) is 69.7 Å². The van der Waals surface area contributed by atoms with Gasteiger partial charge >= 0.3 is 0 Å². The van der Waals surface area contributed by atoms with Crippen LogP contribution in [0.25, 0.3) is 0 Å². The van der Waals surface area contributed by atoms with Crippen LogP contribution in [0.5, 0.6) is 0 Å². The van der Waals surface area contributed by atoms with Crippen molar-refractivity contribution in [2.24, 2.45) is 0 Å². The maximum absolute atomic E-state index is 13.0. The Morgan fingerprint density at radius 3 is 2.28 bits per heavy atom. The van der Waals surface area contributed by atoms with E-state index < -0.39 is 18.1 Å². The number of rotatable bonds is 6. The summed E-state index contributed by atoms with van der Waals surface area (Å²) in [5.41, 5.74) is 0.518. The number of carbonyl (C=O) groups is 1. The molecule has 1 unspecified atom stereocenters. The number of nitrogens with one attached hydrogen (secondary N) is 1. The Bertz CT molecular complexity index is 726. The van der Waals surface area contributed by atoms with E-state index in [9.17, 15) is 9.90 Å². The Hall–Kier alpha value is -1.43. The fourth-order valence-corrected chi connectivity index (χ4v) is 2.61.